The second-order valence-electron chi connectivity index (χ2n) is 5.68. The molecule has 2 aromatic rings. The van der Waals surface area contributed by atoms with Gasteiger partial charge in [-0.1, -0.05) is 11.8 Å². The first kappa shape index (κ1) is 18.0. The van der Waals surface area contributed by atoms with Gasteiger partial charge in [0.2, 0.25) is 11.1 Å². The van der Waals surface area contributed by atoms with Gasteiger partial charge in [-0.25, -0.2) is 0 Å². The normalized spacial score (nSPS) is 14.5. The number of rotatable bonds is 4. The van der Waals surface area contributed by atoms with Gasteiger partial charge in [0.25, 0.3) is 11.5 Å². The Kier molecular flexibility index (Phi) is 5.26. The number of hydrogen-bond acceptors (Lipinski definition) is 8. The van der Waals surface area contributed by atoms with Gasteiger partial charge in [-0.15, -0.1) is 10.2 Å². The third-order valence-corrected chi connectivity index (χ3v) is 4.92. The number of furan rings is 1. The van der Waals surface area contributed by atoms with Crippen LogP contribution in [0.25, 0.3) is 0 Å². The van der Waals surface area contributed by atoms with Crippen LogP contribution in [0.2, 0.25) is 0 Å². The molecule has 0 unspecified atom stereocenters. The van der Waals surface area contributed by atoms with E-state index in [0.717, 1.165) is 16.4 Å². The molecule has 1 aliphatic rings. The Balaban J connectivity index is 1.52. The van der Waals surface area contributed by atoms with Crippen LogP contribution in [0.1, 0.15) is 16.2 Å². The minimum Gasteiger partial charge on any atom is -0.459 e. The van der Waals surface area contributed by atoms with Gasteiger partial charge < -0.3 is 20.1 Å². The third-order valence-electron chi connectivity index (χ3n) is 4.00. The summed E-state index contributed by atoms with van der Waals surface area (Å²) in [6, 6.07) is 3.28. The van der Waals surface area contributed by atoms with E-state index in [-0.39, 0.29) is 28.4 Å². The standard InChI is InChI=1S/C15H18N6O4S/c1-10-13(23)21(16)15(18-17-10)26-9-12(22)19-4-6-20(7-5-19)14(24)11-3-2-8-25-11/h2-3,8H,4-7,9,16H2,1H3. The molecule has 138 valence electrons. The SMILES string of the molecule is Cc1nnc(SCC(=O)N2CCN(C(=O)c3ccco3)CC2)n(N)c1=O. The van der Waals surface area contributed by atoms with Gasteiger partial charge in [0, 0.05) is 26.2 Å². The average molecular weight is 378 g/mol. The molecule has 2 N–H and O–H groups in total. The number of nitrogen functional groups attached to an aromatic ring is 1. The van der Waals surface area contributed by atoms with Crippen molar-refractivity contribution in [2.45, 2.75) is 12.1 Å². The fraction of sp³-hybridized carbons (Fsp3) is 0.400. The second kappa shape index (κ2) is 7.60. The van der Waals surface area contributed by atoms with E-state index >= 15 is 0 Å². The van der Waals surface area contributed by atoms with E-state index in [4.69, 9.17) is 10.3 Å². The van der Waals surface area contributed by atoms with E-state index in [0.29, 0.717) is 31.9 Å². The summed E-state index contributed by atoms with van der Waals surface area (Å²) in [6.45, 7) is 3.24. The largest absolute Gasteiger partial charge is 0.459 e. The molecule has 1 saturated heterocycles. The lowest BCUT2D eigenvalue weighted by Gasteiger charge is -2.34. The van der Waals surface area contributed by atoms with E-state index in [1.165, 1.54) is 13.2 Å². The van der Waals surface area contributed by atoms with Crippen LogP contribution in [0, 0.1) is 6.92 Å². The van der Waals surface area contributed by atoms with Crippen molar-refractivity contribution in [2.75, 3.05) is 37.8 Å². The van der Waals surface area contributed by atoms with Gasteiger partial charge in [-0.05, 0) is 19.1 Å². The molecule has 1 fully saturated rings. The zero-order valence-electron chi connectivity index (χ0n) is 14.1. The molecule has 2 aromatic heterocycles. The Hall–Kier alpha value is -2.82. The minimum atomic E-state index is -0.444. The predicted octanol–water partition coefficient (Wildman–Crippen LogP) is -0.670. The molecular weight excluding hydrogens is 360 g/mol. The summed E-state index contributed by atoms with van der Waals surface area (Å²) in [5.41, 5.74) is -0.250. The number of aromatic nitrogens is 3. The summed E-state index contributed by atoms with van der Waals surface area (Å²) >= 11 is 1.05. The monoisotopic (exact) mass is 378 g/mol. The lowest BCUT2D eigenvalue weighted by molar-refractivity contribution is -0.129. The highest BCUT2D eigenvalue weighted by molar-refractivity contribution is 7.99. The van der Waals surface area contributed by atoms with Gasteiger partial charge >= 0.3 is 0 Å². The van der Waals surface area contributed by atoms with Gasteiger partial charge in [-0.2, -0.15) is 4.68 Å². The summed E-state index contributed by atoms with van der Waals surface area (Å²) in [5.74, 6) is 5.73. The van der Waals surface area contributed by atoms with Crippen molar-refractivity contribution in [3.8, 4) is 0 Å². The predicted molar refractivity (Wildman–Crippen MR) is 93.1 cm³/mol. The van der Waals surface area contributed by atoms with Crippen molar-refractivity contribution in [1.29, 1.82) is 0 Å². The molecule has 0 radical (unpaired) electrons. The fourth-order valence-electron chi connectivity index (χ4n) is 2.50. The first-order chi connectivity index (χ1) is 12.5. The van der Waals surface area contributed by atoms with Crippen LogP contribution in [0.5, 0.6) is 0 Å². The Bertz CT molecular complexity index is 858. The number of amides is 2. The molecular formula is C15H18N6O4S. The first-order valence-corrected chi connectivity index (χ1v) is 8.90. The number of nitrogens with two attached hydrogens (primary N) is 1. The van der Waals surface area contributed by atoms with Crippen molar-refractivity contribution >= 4 is 23.6 Å². The van der Waals surface area contributed by atoms with Crippen molar-refractivity contribution in [3.05, 3.63) is 40.2 Å². The molecule has 0 aromatic carbocycles. The first-order valence-electron chi connectivity index (χ1n) is 7.92. The zero-order chi connectivity index (χ0) is 18.7. The Morgan fingerprint density at radius 2 is 1.92 bits per heavy atom. The van der Waals surface area contributed by atoms with Crippen LogP contribution in [-0.2, 0) is 4.79 Å². The molecule has 0 aliphatic carbocycles. The van der Waals surface area contributed by atoms with Crippen molar-refractivity contribution in [3.63, 3.8) is 0 Å². The van der Waals surface area contributed by atoms with E-state index in [1.807, 2.05) is 0 Å². The molecule has 26 heavy (non-hydrogen) atoms. The number of thioether (sulfide) groups is 1. The molecule has 11 heteroatoms. The van der Waals surface area contributed by atoms with Crippen LogP contribution in [-0.4, -0.2) is 68.4 Å². The quantitative estimate of drug-likeness (QED) is 0.548. The minimum absolute atomic E-state index is 0.0838. The molecule has 10 nitrogen and oxygen atoms in total. The van der Waals surface area contributed by atoms with E-state index in [2.05, 4.69) is 10.2 Å². The van der Waals surface area contributed by atoms with E-state index in [1.54, 1.807) is 21.9 Å². The topological polar surface area (TPSA) is 128 Å². The van der Waals surface area contributed by atoms with Gasteiger partial charge in [0.15, 0.2) is 5.76 Å². The summed E-state index contributed by atoms with van der Waals surface area (Å²) < 4.78 is 6.00. The highest BCUT2D eigenvalue weighted by atomic mass is 32.2. The smallest absolute Gasteiger partial charge is 0.294 e. The molecule has 3 heterocycles. The van der Waals surface area contributed by atoms with Gasteiger partial charge in [0.1, 0.15) is 5.69 Å². The molecule has 3 rings (SSSR count). The van der Waals surface area contributed by atoms with Crippen LogP contribution >= 0.6 is 11.8 Å². The number of aryl methyl sites for hydroxylation is 1. The molecule has 0 atom stereocenters. The lowest BCUT2D eigenvalue weighted by atomic mass is 10.3. The maximum atomic E-state index is 12.3. The Morgan fingerprint density at radius 1 is 1.23 bits per heavy atom. The number of piperazine rings is 1. The summed E-state index contributed by atoms with van der Waals surface area (Å²) in [4.78, 5) is 39.6. The summed E-state index contributed by atoms with van der Waals surface area (Å²) in [7, 11) is 0. The van der Waals surface area contributed by atoms with Crippen LogP contribution < -0.4 is 11.4 Å². The molecule has 0 saturated carbocycles. The molecule has 0 spiro atoms. The summed E-state index contributed by atoms with van der Waals surface area (Å²) in [6.07, 6.45) is 1.45. The number of carbonyl (C=O) groups is 2. The van der Waals surface area contributed by atoms with Crippen molar-refractivity contribution in [2.24, 2.45) is 0 Å². The molecule has 1 aliphatic heterocycles. The number of nitrogens with zero attached hydrogens (tertiary/aromatic N) is 5. The van der Waals surface area contributed by atoms with Gasteiger partial charge in [0.05, 0.1) is 12.0 Å². The van der Waals surface area contributed by atoms with Crippen LogP contribution in [0.4, 0.5) is 0 Å². The highest BCUT2D eigenvalue weighted by Gasteiger charge is 2.26. The maximum absolute atomic E-state index is 12.3. The Labute approximate surface area is 152 Å². The molecule has 2 amide bonds. The highest BCUT2D eigenvalue weighted by Crippen LogP contribution is 2.14. The van der Waals surface area contributed by atoms with Crippen molar-refractivity contribution in [1.82, 2.24) is 24.7 Å². The zero-order valence-corrected chi connectivity index (χ0v) is 14.9. The number of carbonyl (C=O) groups excluding carboxylic acids is 2. The van der Waals surface area contributed by atoms with Crippen molar-refractivity contribution < 1.29 is 14.0 Å². The maximum Gasteiger partial charge on any atom is 0.294 e. The van der Waals surface area contributed by atoms with Crippen LogP contribution in [0.3, 0.4) is 0 Å². The number of hydrogen-bond donors (Lipinski definition) is 1. The third kappa shape index (κ3) is 3.72. The molecule has 0 bridgehead atoms. The summed E-state index contributed by atoms with van der Waals surface area (Å²) in [5, 5.41) is 7.74. The van der Waals surface area contributed by atoms with Crippen LogP contribution in [0.15, 0.2) is 32.8 Å². The Morgan fingerprint density at radius 3 is 2.58 bits per heavy atom. The lowest BCUT2D eigenvalue weighted by Crippen LogP contribution is -2.51. The van der Waals surface area contributed by atoms with E-state index < -0.39 is 5.56 Å². The van der Waals surface area contributed by atoms with Gasteiger partial charge in [-0.3, -0.25) is 14.4 Å². The average Bonchev–Trinajstić information content (AvgIpc) is 3.19. The van der Waals surface area contributed by atoms with E-state index in [9.17, 15) is 14.4 Å². The fourth-order valence-corrected chi connectivity index (χ4v) is 3.26. The second-order valence-corrected chi connectivity index (χ2v) is 6.62.